The number of hydrogen-bond donors (Lipinski definition) is 1. The lowest BCUT2D eigenvalue weighted by Crippen LogP contribution is -2.22. The summed E-state index contributed by atoms with van der Waals surface area (Å²) in [5.74, 6) is -0.508. The van der Waals surface area contributed by atoms with Crippen molar-refractivity contribution in [3.05, 3.63) is 98.3 Å². The summed E-state index contributed by atoms with van der Waals surface area (Å²) in [6.45, 7) is 4.99. The van der Waals surface area contributed by atoms with Crippen molar-refractivity contribution >= 4 is 33.6 Å². The van der Waals surface area contributed by atoms with Crippen molar-refractivity contribution in [2.24, 2.45) is 7.05 Å². The fraction of sp³-hybridized carbons (Fsp3) is 0.160. The number of ketones is 2. The third kappa shape index (κ3) is 3.61. The first-order chi connectivity index (χ1) is 15.3. The molecule has 0 atom stereocenters. The Morgan fingerprint density at radius 1 is 0.906 bits per heavy atom. The molecule has 0 amide bonds. The van der Waals surface area contributed by atoms with Crippen molar-refractivity contribution in [3.63, 3.8) is 0 Å². The van der Waals surface area contributed by atoms with Crippen LogP contribution in [-0.4, -0.2) is 20.9 Å². The number of carbonyl (C=O) groups is 2. The van der Waals surface area contributed by atoms with E-state index in [1.165, 1.54) is 22.9 Å². The molecule has 4 rings (SSSR count). The van der Waals surface area contributed by atoms with E-state index < -0.39 is 0 Å². The summed E-state index contributed by atoms with van der Waals surface area (Å²) in [7, 11) is 1.76. The zero-order chi connectivity index (χ0) is 23.0. The second kappa shape index (κ2) is 8.43. The highest BCUT2D eigenvalue weighted by Crippen LogP contribution is 2.36. The Hall–Kier alpha value is -3.71. The molecule has 2 heterocycles. The van der Waals surface area contributed by atoms with E-state index in [1.807, 2.05) is 60.7 Å². The van der Waals surface area contributed by atoms with E-state index in [-0.39, 0.29) is 22.7 Å². The lowest BCUT2D eigenvalue weighted by atomic mass is 10.0. The molecule has 4 aromatic rings. The lowest BCUT2D eigenvalue weighted by molar-refractivity contribution is 0.101. The molecule has 2 aromatic carbocycles. The molecular formula is C25H23N3O3S. The minimum Gasteiger partial charge on any atom is -0.347 e. The number of hydrogen-bond acceptors (Lipinski definition) is 5. The Morgan fingerprint density at radius 2 is 1.50 bits per heavy atom. The largest absolute Gasteiger partial charge is 0.347 e. The first kappa shape index (κ1) is 21.5. The number of rotatable bonds is 6. The molecule has 6 nitrogen and oxygen atoms in total. The van der Waals surface area contributed by atoms with Gasteiger partial charge in [-0.05, 0) is 50.6 Å². The van der Waals surface area contributed by atoms with Crippen molar-refractivity contribution in [1.29, 1.82) is 0 Å². The third-order valence-electron chi connectivity index (χ3n) is 5.52. The molecule has 0 aliphatic rings. The van der Waals surface area contributed by atoms with Crippen molar-refractivity contribution in [1.82, 2.24) is 9.36 Å². The van der Waals surface area contributed by atoms with E-state index in [0.717, 1.165) is 5.69 Å². The highest BCUT2D eigenvalue weighted by molar-refractivity contribution is 7.18. The van der Waals surface area contributed by atoms with Gasteiger partial charge in [-0.3, -0.25) is 19.1 Å². The predicted molar refractivity (Wildman–Crippen MR) is 128 cm³/mol. The van der Waals surface area contributed by atoms with Crippen LogP contribution in [0.1, 0.15) is 43.8 Å². The minimum atomic E-state index is -0.379. The summed E-state index contributed by atoms with van der Waals surface area (Å²) < 4.78 is 3.17. The number of para-hydroxylation sites is 2. The second-order valence-corrected chi connectivity index (χ2v) is 8.59. The number of thiophene rings is 1. The molecule has 2 aromatic heterocycles. The molecule has 162 valence electrons. The molecule has 0 radical (unpaired) electrons. The lowest BCUT2D eigenvalue weighted by Gasteiger charge is -2.07. The summed E-state index contributed by atoms with van der Waals surface area (Å²) in [6, 6.07) is 18.7. The average molecular weight is 446 g/mol. The first-order valence-electron chi connectivity index (χ1n) is 10.2. The van der Waals surface area contributed by atoms with E-state index in [2.05, 4.69) is 5.32 Å². The van der Waals surface area contributed by atoms with E-state index in [1.54, 1.807) is 25.6 Å². The molecule has 7 heteroatoms. The predicted octanol–water partition coefficient (Wildman–Crippen LogP) is 5.03. The highest BCUT2D eigenvalue weighted by atomic mass is 32.1. The number of nitrogens with zero attached hydrogens (tertiary/aromatic N) is 2. The second-order valence-electron chi connectivity index (χ2n) is 7.57. The van der Waals surface area contributed by atoms with Gasteiger partial charge >= 0.3 is 0 Å². The molecule has 0 saturated carbocycles. The Kier molecular flexibility index (Phi) is 5.67. The Balaban J connectivity index is 1.84. The van der Waals surface area contributed by atoms with Crippen LogP contribution in [0.25, 0.3) is 5.69 Å². The zero-order valence-corrected chi connectivity index (χ0v) is 19.1. The van der Waals surface area contributed by atoms with Gasteiger partial charge in [-0.25, -0.2) is 4.68 Å². The Morgan fingerprint density at radius 3 is 2.09 bits per heavy atom. The van der Waals surface area contributed by atoms with Gasteiger partial charge in [-0.1, -0.05) is 36.4 Å². The smallest absolute Gasteiger partial charge is 0.282 e. The molecule has 0 spiro atoms. The van der Waals surface area contributed by atoms with Crippen LogP contribution in [0, 0.1) is 13.8 Å². The van der Waals surface area contributed by atoms with Crippen molar-refractivity contribution in [2.75, 3.05) is 5.32 Å². The maximum Gasteiger partial charge on any atom is 0.282 e. The quantitative estimate of drug-likeness (QED) is 0.423. The normalized spacial score (nSPS) is 10.9. The van der Waals surface area contributed by atoms with Crippen molar-refractivity contribution in [3.8, 4) is 5.69 Å². The van der Waals surface area contributed by atoms with Gasteiger partial charge < -0.3 is 5.32 Å². The zero-order valence-electron chi connectivity index (χ0n) is 18.3. The Bertz CT molecular complexity index is 1380. The van der Waals surface area contributed by atoms with E-state index in [4.69, 9.17) is 0 Å². The molecule has 0 bridgehead atoms. The molecule has 0 saturated heterocycles. The number of nitrogens with one attached hydrogen (secondary N) is 1. The van der Waals surface area contributed by atoms with E-state index >= 15 is 0 Å². The topological polar surface area (TPSA) is 73.1 Å². The molecule has 0 aliphatic heterocycles. The van der Waals surface area contributed by atoms with Gasteiger partial charge in [-0.2, -0.15) is 0 Å². The van der Waals surface area contributed by atoms with Gasteiger partial charge in [0.05, 0.1) is 16.1 Å². The molecule has 1 N–H and O–H groups in total. The maximum atomic E-state index is 13.6. The van der Waals surface area contributed by atoms with Crippen LogP contribution >= 0.6 is 11.3 Å². The fourth-order valence-corrected chi connectivity index (χ4v) is 5.06. The van der Waals surface area contributed by atoms with Gasteiger partial charge in [0.15, 0.2) is 5.78 Å². The van der Waals surface area contributed by atoms with Crippen molar-refractivity contribution < 1.29 is 9.59 Å². The molecular weight excluding hydrogens is 422 g/mol. The third-order valence-corrected chi connectivity index (χ3v) is 6.72. The summed E-state index contributed by atoms with van der Waals surface area (Å²) in [5, 5.41) is 3.85. The number of carbonyl (C=O) groups excluding carboxylic acids is 2. The highest BCUT2D eigenvalue weighted by Gasteiger charge is 2.29. The molecule has 32 heavy (non-hydrogen) atoms. The average Bonchev–Trinajstić information content (AvgIpc) is 3.22. The van der Waals surface area contributed by atoms with Gasteiger partial charge in [0, 0.05) is 18.4 Å². The van der Waals surface area contributed by atoms with Crippen LogP contribution in [0.5, 0.6) is 0 Å². The number of benzene rings is 2. The van der Waals surface area contributed by atoms with Crippen LogP contribution in [0.3, 0.4) is 0 Å². The van der Waals surface area contributed by atoms with Crippen LogP contribution in [0.2, 0.25) is 0 Å². The van der Waals surface area contributed by atoms with Crippen molar-refractivity contribution in [2.45, 2.75) is 20.8 Å². The van der Waals surface area contributed by atoms with Gasteiger partial charge in [-0.15, -0.1) is 11.3 Å². The monoisotopic (exact) mass is 445 g/mol. The summed E-state index contributed by atoms with van der Waals surface area (Å²) in [4.78, 5) is 39.7. The SMILES string of the molecule is CC(=O)c1c(Nc2ccccc2)sc(C(=O)c2c(C)n(C)n(-c3ccccc3)c2=O)c1C. The van der Waals surface area contributed by atoms with Gasteiger partial charge in [0.2, 0.25) is 5.78 Å². The molecule has 0 aliphatic carbocycles. The Labute approximate surface area is 189 Å². The fourth-order valence-electron chi connectivity index (χ4n) is 3.84. The van der Waals surface area contributed by atoms with E-state index in [9.17, 15) is 14.4 Å². The van der Waals surface area contributed by atoms with Crippen LogP contribution < -0.4 is 10.9 Å². The summed E-state index contributed by atoms with van der Waals surface area (Å²) in [5.41, 5.74) is 2.86. The first-order valence-corrected chi connectivity index (χ1v) is 11.0. The van der Waals surface area contributed by atoms with E-state index in [0.29, 0.717) is 32.4 Å². The maximum absolute atomic E-state index is 13.6. The van der Waals surface area contributed by atoms with Crippen LogP contribution in [0.4, 0.5) is 10.7 Å². The number of aromatic nitrogens is 2. The summed E-state index contributed by atoms with van der Waals surface area (Å²) >= 11 is 1.20. The number of anilines is 2. The minimum absolute atomic E-state index is 0.113. The summed E-state index contributed by atoms with van der Waals surface area (Å²) in [6.07, 6.45) is 0. The molecule has 0 fully saturated rings. The number of Topliss-reactive ketones (excluding diaryl/α,β-unsaturated/α-hetero) is 1. The van der Waals surface area contributed by atoms with Crippen LogP contribution in [-0.2, 0) is 7.05 Å². The van der Waals surface area contributed by atoms with Gasteiger partial charge in [0.1, 0.15) is 10.6 Å². The molecule has 0 unspecified atom stereocenters. The van der Waals surface area contributed by atoms with Crippen LogP contribution in [0.15, 0.2) is 65.5 Å². The standard InChI is InChI=1S/C25H23N3O3S/c1-15-20(17(3)29)24(26-18-11-7-5-8-12-18)32-23(15)22(30)21-16(2)27(4)28(25(21)31)19-13-9-6-10-14-19/h5-14,26H,1-4H3. The van der Waals surface area contributed by atoms with Gasteiger partial charge in [0.25, 0.3) is 5.56 Å².